The Balaban J connectivity index is 1.64. The summed E-state index contributed by atoms with van der Waals surface area (Å²) in [6.07, 6.45) is 2.45. The molecule has 0 spiro atoms. The first-order chi connectivity index (χ1) is 16.3. The number of rotatable bonds is 8. The molecule has 0 saturated carbocycles. The lowest BCUT2D eigenvalue weighted by Gasteiger charge is -2.20. The van der Waals surface area contributed by atoms with Crippen molar-refractivity contribution in [2.75, 3.05) is 0 Å². The Morgan fingerprint density at radius 2 is 1.82 bits per heavy atom. The van der Waals surface area contributed by atoms with E-state index in [1.54, 1.807) is 19.3 Å². The molecule has 2 N–H and O–H groups in total. The summed E-state index contributed by atoms with van der Waals surface area (Å²) in [6, 6.07) is 12.6. The van der Waals surface area contributed by atoms with Crippen LogP contribution in [0.4, 0.5) is 0 Å². The monoisotopic (exact) mass is 461 g/mol. The Morgan fingerprint density at radius 3 is 2.50 bits per heavy atom. The molecule has 2 atom stereocenters. The lowest BCUT2D eigenvalue weighted by Crippen LogP contribution is -2.45. The van der Waals surface area contributed by atoms with Crippen molar-refractivity contribution >= 4 is 33.8 Å². The molecule has 2 unspecified atom stereocenters. The second kappa shape index (κ2) is 9.55. The molecule has 2 aromatic carbocycles. The molecule has 0 radical (unpaired) electrons. The standard InChI is InChI=1S/C27H27NO6/c1-4-15(2)25(26(30)31)28-24(29)11-10-18-16(3)19-12-20-21(17-8-6-5-7-9-17)14-33-22(20)13-23(19)34-27(18)32/h5-9,12-15,25H,4,10-11H2,1-3H3,(H,28,29)(H,30,31). The summed E-state index contributed by atoms with van der Waals surface area (Å²) in [5, 5.41) is 13.6. The highest BCUT2D eigenvalue weighted by Gasteiger charge is 2.25. The van der Waals surface area contributed by atoms with Gasteiger partial charge >= 0.3 is 11.6 Å². The van der Waals surface area contributed by atoms with Gasteiger partial charge in [-0.15, -0.1) is 0 Å². The molecule has 176 valence electrons. The second-order valence-corrected chi connectivity index (χ2v) is 8.62. The van der Waals surface area contributed by atoms with Crippen molar-refractivity contribution in [3.05, 3.63) is 70.3 Å². The predicted octanol–water partition coefficient (Wildman–Crippen LogP) is 5.06. The molecule has 0 saturated heterocycles. The summed E-state index contributed by atoms with van der Waals surface area (Å²) in [6.45, 7) is 5.48. The SMILES string of the molecule is CCC(C)C(NC(=O)CCc1c(C)c2cc3c(-c4ccccc4)coc3cc2oc1=O)C(=O)O. The maximum Gasteiger partial charge on any atom is 0.339 e. The molecule has 4 aromatic rings. The van der Waals surface area contributed by atoms with Crippen molar-refractivity contribution in [3.63, 3.8) is 0 Å². The van der Waals surface area contributed by atoms with Crippen LogP contribution < -0.4 is 10.9 Å². The van der Waals surface area contributed by atoms with E-state index in [4.69, 9.17) is 8.83 Å². The fourth-order valence-corrected chi connectivity index (χ4v) is 4.21. The summed E-state index contributed by atoms with van der Waals surface area (Å²) in [5.41, 5.74) is 3.62. The minimum Gasteiger partial charge on any atom is -0.480 e. The topological polar surface area (TPSA) is 110 Å². The normalized spacial score (nSPS) is 13.1. The maximum absolute atomic E-state index is 12.7. The van der Waals surface area contributed by atoms with Gasteiger partial charge in [-0.2, -0.15) is 0 Å². The molecule has 2 aromatic heterocycles. The van der Waals surface area contributed by atoms with Crippen LogP contribution in [0.5, 0.6) is 0 Å². The first kappa shape index (κ1) is 23.3. The molecule has 0 aliphatic heterocycles. The zero-order valence-electron chi connectivity index (χ0n) is 19.4. The Morgan fingerprint density at radius 1 is 1.09 bits per heavy atom. The van der Waals surface area contributed by atoms with E-state index in [0.29, 0.717) is 23.2 Å². The van der Waals surface area contributed by atoms with Gasteiger partial charge in [-0.25, -0.2) is 9.59 Å². The maximum atomic E-state index is 12.7. The van der Waals surface area contributed by atoms with Gasteiger partial charge in [0, 0.05) is 34.4 Å². The molecule has 7 nitrogen and oxygen atoms in total. The summed E-state index contributed by atoms with van der Waals surface area (Å²) < 4.78 is 11.3. The molecule has 0 aliphatic rings. The fraction of sp³-hybridized carbons (Fsp3) is 0.296. The van der Waals surface area contributed by atoms with Gasteiger partial charge in [0.05, 0.1) is 6.26 Å². The third-order valence-corrected chi connectivity index (χ3v) is 6.46. The smallest absolute Gasteiger partial charge is 0.339 e. The number of carbonyl (C=O) groups excluding carboxylic acids is 1. The first-order valence-electron chi connectivity index (χ1n) is 11.3. The van der Waals surface area contributed by atoms with E-state index in [1.165, 1.54) is 0 Å². The number of furan rings is 1. The molecular weight excluding hydrogens is 434 g/mol. The lowest BCUT2D eigenvalue weighted by atomic mass is 9.98. The summed E-state index contributed by atoms with van der Waals surface area (Å²) in [5.74, 6) is -1.68. The molecule has 34 heavy (non-hydrogen) atoms. The van der Waals surface area contributed by atoms with Crippen LogP contribution in [0.2, 0.25) is 0 Å². The number of carboxylic acid groups (broad SMARTS) is 1. The highest BCUT2D eigenvalue weighted by Crippen LogP contribution is 2.34. The number of carboxylic acids is 1. The predicted molar refractivity (Wildman–Crippen MR) is 130 cm³/mol. The largest absolute Gasteiger partial charge is 0.480 e. The Labute approximate surface area is 196 Å². The second-order valence-electron chi connectivity index (χ2n) is 8.62. The average Bonchev–Trinajstić information content (AvgIpc) is 3.24. The van der Waals surface area contributed by atoms with Crippen molar-refractivity contribution in [2.24, 2.45) is 5.92 Å². The van der Waals surface area contributed by atoms with Crippen molar-refractivity contribution in [1.82, 2.24) is 5.32 Å². The minimum atomic E-state index is -1.07. The first-order valence-corrected chi connectivity index (χ1v) is 11.3. The van der Waals surface area contributed by atoms with E-state index < -0.39 is 23.5 Å². The minimum absolute atomic E-state index is 0.0134. The van der Waals surface area contributed by atoms with Crippen molar-refractivity contribution in [1.29, 1.82) is 0 Å². The van der Waals surface area contributed by atoms with Gasteiger partial charge in [0.25, 0.3) is 0 Å². The third-order valence-electron chi connectivity index (χ3n) is 6.46. The number of fused-ring (bicyclic) bond motifs is 2. The van der Waals surface area contributed by atoms with Crippen LogP contribution in [0.25, 0.3) is 33.1 Å². The highest BCUT2D eigenvalue weighted by molar-refractivity contribution is 6.02. The van der Waals surface area contributed by atoms with E-state index in [9.17, 15) is 19.5 Å². The van der Waals surface area contributed by atoms with E-state index >= 15 is 0 Å². The van der Waals surface area contributed by atoms with Crippen LogP contribution in [0.1, 0.15) is 37.8 Å². The molecule has 7 heteroatoms. The summed E-state index contributed by atoms with van der Waals surface area (Å²) in [7, 11) is 0. The molecule has 2 heterocycles. The Hall–Kier alpha value is -3.87. The molecular formula is C27H27NO6. The van der Waals surface area contributed by atoms with Gasteiger partial charge in [-0.05, 0) is 36.5 Å². The molecule has 0 bridgehead atoms. The van der Waals surface area contributed by atoms with Crippen LogP contribution in [0, 0.1) is 12.8 Å². The zero-order valence-corrected chi connectivity index (χ0v) is 19.4. The van der Waals surface area contributed by atoms with Gasteiger partial charge < -0.3 is 19.3 Å². The summed E-state index contributed by atoms with van der Waals surface area (Å²) in [4.78, 5) is 36.6. The van der Waals surface area contributed by atoms with Crippen LogP contribution >= 0.6 is 0 Å². The number of carbonyl (C=O) groups is 2. The van der Waals surface area contributed by atoms with Gasteiger partial charge in [0.15, 0.2) is 0 Å². The van der Waals surface area contributed by atoms with Crippen LogP contribution in [0.3, 0.4) is 0 Å². The number of hydrogen-bond acceptors (Lipinski definition) is 5. The molecule has 0 fully saturated rings. The zero-order chi connectivity index (χ0) is 24.4. The van der Waals surface area contributed by atoms with E-state index in [-0.39, 0.29) is 18.8 Å². The summed E-state index contributed by atoms with van der Waals surface area (Å²) >= 11 is 0. The van der Waals surface area contributed by atoms with Crippen LogP contribution in [-0.2, 0) is 16.0 Å². The highest BCUT2D eigenvalue weighted by atomic mass is 16.4. The van der Waals surface area contributed by atoms with Gasteiger partial charge in [0.1, 0.15) is 17.2 Å². The number of aliphatic carboxylic acids is 1. The number of hydrogen-bond donors (Lipinski definition) is 2. The lowest BCUT2D eigenvalue weighted by molar-refractivity contribution is -0.143. The quantitative estimate of drug-likeness (QED) is 0.355. The van der Waals surface area contributed by atoms with Crippen molar-refractivity contribution in [2.45, 2.75) is 46.1 Å². The van der Waals surface area contributed by atoms with Crippen molar-refractivity contribution < 1.29 is 23.5 Å². The Bertz CT molecular complexity index is 1420. The third kappa shape index (κ3) is 4.46. The number of nitrogens with one attached hydrogen (secondary N) is 1. The Kier molecular flexibility index (Phi) is 6.54. The van der Waals surface area contributed by atoms with Gasteiger partial charge in [-0.1, -0.05) is 50.6 Å². The number of aryl methyl sites for hydroxylation is 1. The number of amides is 1. The van der Waals surface area contributed by atoms with Crippen molar-refractivity contribution in [3.8, 4) is 11.1 Å². The van der Waals surface area contributed by atoms with E-state index in [0.717, 1.165) is 27.5 Å². The fourth-order valence-electron chi connectivity index (χ4n) is 4.21. The molecule has 0 aliphatic carbocycles. The number of benzene rings is 2. The molecule has 1 amide bonds. The van der Waals surface area contributed by atoms with Gasteiger partial charge in [-0.3, -0.25) is 4.79 Å². The van der Waals surface area contributed by atoms with E-state index in [1.807, 2.05) is 50.2 Å². The van der Waals surface area contributed by atoms with Gasteiger partial charge in [0.2, 0.25) is 5.91 Å². The van der Waals surface area contributed by atoms with E-state index in [2.05, 4.69) is 5.32 Å². The average molecular weight is 462 g/mol. The van der Waals surface area contributed by atoms with Crippen LogP contribution in [0.15, 0.2) is 62.4 Å². The molecule has 4 rings (SSSR count). The van der Waals surface area contributed by atoms with Crippen LogP contribution in [-0.4, -0.2) is 23.0 Å².